The molecule has 2 aromatic rings. The van der Waals surface area contributed by atoms with Crippen molar-refractivity contribution in [2.75, 3.05) is 6.61 Å². The molecule has 0 spiro atoms. The molecule has 0 aliphatic heterocycles. The average Bonchev–Trinajstić information content (AvgIpc) is 2.40. The lowest BCUT2D eigenvalue weighted by Gasteiger charge is -2.06. The van der Waals surface area contributed by atoms with E-state index in [0.717, 1.165) is 22.4 Å². The van der Waals surface area contributed by atoms with Crippen LogP contribution in [-0.4, -0.2) is 12.4 Å². The van der Waals surface area contributed by atoms with Crippen LogP contribution in [0.3, 0.4) is 0 Å². The number of benzene rings is 2. The molecule has 0 heterocycles. The summed E-state index contributed by atoms with van der Waals surface area (Å²) < 4.78 is 5.42. The maximum atomic E-state index is 11.1. The first-order valence-corrected chi connectivity index (χ1v) is 6.50. The van der Waals surface area contributed by atoms with Gasteiger partial charge in [0.15, 0.2) is 0 Å². The molecule has 0 saturated heterocycles. The fourth-order valence-electron chi connectivity index (χ4n) is 2.01. The summed E-state index contributed by atoms with van der Waals surface area (Å²) in [6, 6.07) is 16.2. The van der Waals surface area contributed by atoms with Gasteiger partial charge in [-0.05, 0) is 42.7 Å². The third kappa shape index (κ3) is 3.68. The first-order chi connectivity index (χ1) is 9.19. The van der Waals surface area contributed by atoms with Crippen molar-refractivity contribution >= 4 is 5.78 Å². The molecular weight excluding hydrogens is 236 g/mol. The maximum Gasteiger partial charge on any atom is 0.134 e. The van der Waals surface area contributed by atoms with Gasteiger partial charge in [0, 0.05) is 6.42 Å². The van der Waals surface area contributed by atoms with Crippen LogP contribution in [0.15, 0.2) is 48.5 Å². The Morgan fingerprint density at radius 1 is 0.947 bits per heavy atom. The van der Waals surface area contributed by atoms with Crippen molar-refractivity contribution in [3.8, 4) is 16.9 Å². The summed E-state index contributed by atoms with van der Waals surface area (Å²) in [5, 5.41) is 0. The van der Waals surface area contributed by atoms with E-state index in [0.29, 0.717) is 13.0 Å². The third-order valence-electron chi connectivity index (χ3n) is 2.91. The van der Waals surface area contributed by atoms with Gasteiger partial charge in [-0.15, -0.1) is 0 Å². The first kappa shape index (κ1) is 13.3. The fourth-order valence-corrected chi connectivity index (χ4v) is 2.01. The zero-order valence-corrected chi connectivity index (χ0v) is 11.3. The van der Waals surface area contributed by atoms with Crippen molar-refractivity contribution < 1.29 is 9.53 Å². The fraction of sp³-hybridized carbons (Fsp3) is 0.235. The number of hydrogen-bond donors (Lipinski definition) is 0. The van der Waals surface area contributed by atoms with Crippen molar-refractivity contribution in [2.24, 2.45) is 0 Å². The minimum absolute atomic E-state index is 0.189. The van der Waals surface area contributed by atoms with Gasteiger partial charge < -0.3 is 4.74 Å². The molecule has 2 heteroatoms. The summed E-state index contributed by atoms with van der Waals surface area (Å²) in [6.07, 6.45) is 0.504. The number of ketones is 1. The smallest absolute Gasteiger partial charge is 0.134 e. The molecule has 0 saturated carbocycles. The SMILES string of the molecule is CCOc1ccc(-c2ccc(CC(C)=O)cc2)cc1. The minimum atomic E-state index is 0.189. The van der Waals surface area contributed by atoms with Gasteiger partial charge in [-0.2, -0.15) is 0 Å². The van der Waals surface area contributed by atoms with E-state index in [1.807, 2.05) is 55.5 Å². The second-order valence-corrected chi connectivity index (χ2v) is 4.53. The number of rotatable bonds is 5. The van der Waals surface area contributed by atoms with Crippen LogP contribution in [0, 0.1) is 0 Å². The molecule has 0 N–H and O–H groups in total. The molecule has 98 valence electrons. The molecule has 2 aromatic carbocycles. The molecule has 2 rings (SSSR count). The highest BCUT2D eigenvalue weighted by Crippen LogP contribution is 2.23. The Morgan fingerprint density at radius 2 is 1.47 bits per heavy atom. The second kappa shape index (κ2) is 6.19. The van der Waals surface area contributed by atoms with Gasteiger partial charge >= 0.3 is 0 Å². The van der Waals surface area contributed by atoms with Crippen LogP contribution < -0.4 is 4.74 Å². The van der Waals surface area contributed by atoms with Crippen molar-refractivity contribution in [3.63, 3.8) is 0 Å². The molecule has 0 aromatic heterocycles. The second-order valence-electron chi connectivity index (χ2n) is 4.53. The van der Waals surface area contributed by atoms with Crippen LogP contribution in [0.25, 0.3) is 11.1 Å². The molecule has 0 aliphatic rings. The van der Waals surface area contributed by atoms with Gasteiger partial charge in [0.25, 0.3) is 0 Å². The van der Waals surface area contributed by atoms with E-state index in [1.165, 1.54) is 0 Å². The average molecular weight is 254 g/mol. The third-order valence-corrected chi connectivity index (χ3v) is 2.91. The van der Waals surface area contributed by atoms with Crippen molar-refractivity contribution in [2.45, 2.75) is 20.3 Å². The monoisotopic (exact) mass is 254 g/mol. The quantitative estimate of drug-likeness (QED) is 0.809. The number of ether oxygens (including phenoxy) is 1. The number of carbonyl (C=O) groups excluding carboxylic acids is 1. The van der Waals surface area contributed by atoms with Gasteiger partial charge in [-0.1, -0.05) is 36.4 Å². The van der Waals surface area contributed by atoms with Crippen molar-refractivity contribution in [1.29, 1.82) is 0 Å². The molecule has 0 amide bonds. The number of hydrogen-bond acceptors (Lipinski definition) is 2. The van der Waals surface area contributed by atoms with Gasteiger partial charge in [-0.3, -0.25) is 4.79 Å². The van der Waals surface area contributed by atoms with E-state index in [1.54, 1.807) is 6.92 Å². The Balaban J connectivity index is 2.15. The summed E-state index contributed by atoms with van der Waals surface area (Å²) in [6.45, 7) is 4.26. The van der Waals surface area contributed by atoms with Gasteiger partial charge in [0.1, 0.15) is 11.5 Å². The summed E-state index contributed by atoms with van der Waals surface area (Å²) in [5.41, 5.74) is 3.36. The van der Waals surface area contributed by atoms with Crippen LogP contribution in [0.5, 0.6) is 5.75 Å². The van der Waals surface area contributed by atoms with Gasteiger partial charge in [-0.25, -0.2) is 0 Å². The normalized spacial score (nSPS) is 10.2. The lowest BCUT2D eigenvalue weighted by atomic mass is 10.0. The highest BCUT2D eigenvalue weighted by atomic mass is 16.5. The van der Waals surface area contributed by atoms with Gasteiger partial charge in [0.2, 0.25) is 0 Å². The van der Waals surface area contributed by atoms with Crippen LogP contribution >= 0.6 is 0 Å². The molecule has 0 unspecified atom stereocenters. The number of Topliss-reactive ketones (excluding diaryl/α,β-unsaturated/α-hetero) is 1. The maximum absolute atomic E-state index is 11.1. The minimum Gasteiger partial charge on any atom is -0.494 e. The molecule has 19 heavy (non-hydrogen) atoms. The molecule has 0 fully saturated rings. The van der Waals surface area contributed by atoms with E-state index in [4.69, 9.17) is 4.74 Å². The Hall–Kier alpha value is -2.09. The zero-order chi connectivity index (χ0) is 13.7. The molecular formula is C17H18O2. The molecule has 0 atom stereocenters. The van der Waals surface area contributed by atoms with Crippen LogP contribution in [0.1, 0.15) is 19.4 Å². The standard InChI is InChI=1S/C17H18O2/c1-3-19-17-10-8-16(9-11-17)15-6-4-14(5-7-15)12-13(2)18/h4-11H,3,12H2,1-2H3. The topological polar surface area (TPSA) is 26.3 Å². The van der Waals surface area contributed by atoms with E-state index in [2.05, 4.69) is 0 Å². The predicted octanol–water partition coefficient (Wildman–Crippen LogP) is 3.88. The van der Waals surface area contributed by atoms with E-state index in [9.17, 15) is 4.79 Å². The summed E-state index contributed by atoms with van der Waals surface area (Å²) in [4.78, 5) is 11.1. The summed E-state index contributed by atoms with van der Waals surface area (Å²) in [7, 11) is 0. The molecule has 0 bridgehead atoms. The van der Waals surface area contributed by atoms with E-state index < -0.39 is 0 Å². The van der Waals surface area contributed by atoms with Crippen molar-refractivity contribution in [1.82, 2.24) is 0 Å². The zero-order valence-electron chi connectivity index (χ0n) is 11.3. The lowest BCUT2D eigenvalue weighted by Crippen LogP contribution is -1.95. The summed E-state index contributed by atoms with van der Waals surface area (Å²) >= 11 is 0. The van der Waals surface area contributed by atoms with E-state index in [-0.39, 0.29) is 5.78 Å². The lowest BCUT2D eigenvalue weighted by molar-refractivity contribution is -0.116. The van der Waals surface area contributed by atoms with Crippen LogP contribution in [-0.2, 0) is 11.2 Å². The predicted molar refractivity (Wildman–Crippen MR) is 77.4 cm³/mol. The molecule has 0 radical (unpaired) electrons. The Kier molecular flexibility index (Phi) is 4.35. The Labute approximate surface area is 114 Å². The highest BCUT2D eigenvalue weighted by Gasteiger charge is 2.01. The molecule has 2 nitrogen and oxygen atoms in total. The Morgan fingerprint density at radius 3 is 1.95 bits per heavy atom. The number of carbonyl (C=O) groups is 1. The Bertz CT molecular complexity index is 538. The summed E-state index contributed by atoms with van der Waals surface area (Å²) in [5.74, 6) is 1.08. The van der Waals surface area contributed by atoms with Crippen LogP contribution in [0.2, 0.25) is 0 Å². The first-order valence-electron chi connectivity index (χ1n) is 6.50. The highest BCUT2D eigenvalue weighted by molar-refractivity contribution is 5.78. The largest absolute Gasteiger partial charge is 0.494 e. The molecule has 0 aliphatic carbocycles. The van der Waals surface area contributed by atoms with Crippen molar-refractivity contribution in [3.05, 3.63) is 54.1 Å². The van der Waals surface area contributed by atoms with Crippen LogP contribution in [0.4, 0.5) is 0 Å². The van der Waals surface area contributed by atoms with Gasteiger partial charge in [0.05, 0.1) is 6.61 Å². The van der Waals surface area contributed by atoms with E-state index >= 15 is 0 Å².